The first-order valence-corrected chi connectivity index (χ1v) is 5.81. The van der Waals surface area contributed by atoms with E-state index in [9.17, 15) is 5.11 Å². The van der Waals surface area contributed by atoms with E-state index in [1.54, 1.807) is 6.21 Å². The predicted octanol–water partition coefficient (Wildman–Crippen LogP) is -0.292. The Morgan fingerprint density at radius 2 is 2.29 bits per heavy atom. The lowest BCUT2D eigenvalue weighted by Gasteiger charge is -2.22. The van der Waals surface area contributed by atoms with Gasteiger partial charge in [0.05, 0.1) is 11.0 Å². The molecule has 17 heavy (non-hydrogen) atoms. The number of aliphatic hydroxyl groups is 1. The molecule has 0 fully saturated rings. The Morgan fingerprint density at radius 3 is 3.06 bits per heavy atom. The minimum absolute atomic E-state index is 0.0385. The number of dihydropyridines is 1. The van der Waals surface area contributed by atoms with E-state index >= 15 is 0 Å². The zero-order chi connectivity index (χ0) is 12.0. The van der Waals surface area contributed by atoms with Gasteiger partial charge in [-0.05, 0) is 12.0 Å². The summed E-state index contributed by atoms with van der Waals surface area (Å²) in [6, 6.07) is 0. The van der Waals surface area contributed by atoms with Gasteiger partial charge in [-0.15, -0.1) is 0 Å². The number of fused-ring (bicyclic) bond motifs is 2. The average molecular weight is 229 g/mol. The lowest BCUT2D eigenvalue weighted by Crippen LogP contribution is -2.38. The topological polar surface area (TPSA) is 50.4 Å². The maximum atomic E-state index is 9.27. The summed E-state index contributed by atoms with van der Waals surface area (Å²) >= 11 is 0. The Morgan fingerprint density at radius 1 is 1.47 bits per heavy atom. The highest BCUT2D eigenvalue weighted by atomic mass is 16.3. The molecule has 4 nitrogen and oxygen atoms in total. The molecule has 88 valence electrons. The van der Waals surface area contributed by atoms with Gasteiger partial charge in [-0.1, -0.05) is 19.1 Å². The van der Waals surface area contributed by atoms with Crippen LogP contribution in [0.4, 0.5) is 0 Å². The molecule has 0 aromatic carbocycles. The van der Waals surface area contributed by atoms with Crippen molar-refractivity contribution in [3.63, 3.8) is 0 Å². The van der Waals surface area contributed by atoms with E-state index in [1.807, 2.05) is 17.7 Å². The standard InChI is InChI=1S/C13H15N3O/c1-8-6-10-13(15-11(7-17)16(10)2)12-9(8)4-3-5-14-12/h3-6,8-9,17H,7H2,1-2H3. The van der Waals surface area contributed by atoms with Crippen LogP contribution >= 0.6 is 0 Å². The van der Waals surface area contributed by atoms with Crippen molar-refractivity contribution >= 4 is 18.0 Å². The molecule has 2 atom stereocenters. The molecule has 1 N–H and O–H groups in total. The molecular weight excluding hydrogens is 214 g/mol. The second-order valence-electron chi connectivity index (χ2n) is 4.58. The van der Waals surface area contributed by atoms with Crippen molar-refractivity contribution in [1.29, 1.82) is 0 Å². The SMILES string of the molecule is CC1C=c2c(nc(CO)n2C)=C2N=CC=CC21. The Kier molecular flexibility index (Phi) is 2.26. The van der Waals surface area contributed by atoms with Crippen LogP contribution in [0.2, 0.25) is 0 Å². The number of hydrogen-bond acceptors (Lipinski definition) is 3. The highest BCUT2D eigenvalue weighted by Crippen LogP contribution is 2.27. The number of allylic oxidation sites excluding steroid dienone is 1. The molecule has 4 heteroatoms. The van der Waals surface area contributed by atoms with Gasteiger partial charge >= 0.3 is 0 Å². The van der Waals surface area contributed by atoms with E-state index in [2.05, 4.69) is 29.1 Å². The van der Waals surface area contributed by atoms with Crippen LogP contribution in [-0.2, 0) is 13.7 Å². The van der Waals surface area contributed by atoms with E-state index < -0.39 is 0 Å². The lowest BCUT2D eigenvalue weighted by atomic mass is 9.86. The third kappa shape index (κ3) is 1.41. The third-order valence-corrected chi connectivity index (χ3v) is 3.54. The highest BCUT2D eigenvalue weighted by molar-refractivity contribution is 5.80. The van der Waals surface area contributed by atoms with Gasteiger partial charge in [0.15, 0.2) is 0 Å². The number of aliphatic hydroxyl groups excluding tert-OH is 1. The van der Waals surface area contributed by atoms with Crippen molar-refractivity contribution in [2.45, 2.75) is 13.5 Å². The molecule has 1 aliphatic heterocycles. The fourth-order valence-corrected chi connectivity index (χ4v) is 2.55. The molecule has 2 unspecified atom stereocenters. The molecule has 2 heterocycles. The minimum atomic E-state index is -0.0385. The fraction of sp³-hybridized carbons (Fsp3) is 0.385. The van der Waals surface area contributed by atoms with E-state index in [1.165, 1.54) is 0 Å². The maximum Gasteiger partial charge on any atom is 0.135 e. The summed E-state index contributed by atoms with van der Waals surface area (Å²) in [4.78, 5) is 8.94. The van der Waals surface area contributed by atoms with Crippen molar-refractivity contribution in [2.24, 2.45) is 23.9 Å². The van der Waals surface area contributed by atoms with Gasteiger partial charge in [0, 0.05) is 19.2 Å². The Hall–Kier alpha value is -1.68. The van der Waals surface area contributed by atoms with Crippen molar-refractivity contribution in [2.75, 3.05) is 0 Å². The quantitative estimate of drug-likeness (QED) is 0.719. The average Bonchev–Trinajstić information content (AvgIpc) is 2.67. The lowest BCUT2D eigenvalue weighted by molar-refractivity contribution is 0.267. The van der Waals surface area contributed by atoms with Gasteiger partial charge in [-0.25, -0.2) is 4.98 Å². The molecule has 1 aromatic heterocycles. The molecule has 0 saturated carbocycles. The van der Waals surface area contributed by atoms with Gasteiger partial charge in [-0.3, -0.25) is 4.99 Å². The summed E-state index contributed by atoms with van der Waals surface area (Å²) in [5, 5.41) is 11.3. The van der Waals surface area contributed by atoms with Crippen LogP contribution < -0.4 is 10.7 Å². The largest absolute Gasteiger partial charge is 0.388 e. The molecule has 0 spiro atoms. The van der Waals surface area contributed by atoms with Crippen LogP contribution in [-0.4, -0.2) is 20.9 Å². The molecule has 0 bridgehead atoms. The van der Waals surface area contributed by atoms with Crippen molar-refractivity contribution < 1.29 is 5.11 Å². The smallest absolute Gasteiger partial charge is 0.135 e. The summed E-state index contributed by atoms with van der Waals surface area (Å²) < 4.78 is 1.95. The van der Waals surface area contributed by atoms with Gasteiger partial charge in [-0.2, -0.15) is 0 Å². The third-order valence-electron chi connectivity index (χ3n) is 3.54. The van der Waals surface area contributed by atoms with Crippen LogP contribution in [0.1, 0.15) is 12.7 Å². The summed E-state index contributed by atoms with van der Waals surface area (Å²) in [6.45, 7) is 2.15. The van der Waals surface area contributed by atoms with Crippen LogP contribution in [0.15, 0.2) is 17.1 Å². The summed E-state index contributed by atoms with van der Waals surface area (Å²) in [6.07, 6.45) is 8.17. The maximum absolute atomic E-state index is 9.27. The number of aromatic nitrogens is 2. The summed E-state index contributed by atoms with van der Waals surface area (Å²) in [5.74, 6) is 1.42. The first-order chi connectivity index (χ1) is 8.22. The van der Waals surface area contributed by atoms with Crippen LogP contribution in [0.5, 0.6) is 0 Å². The van der Waals surface area contributed by atoms with E-state index in [0.29, 0.717) is 17.7 Å². The van der Waals surface area contributed by atoms with Gasteiger partial charge in [0.1, 0.15) is 17.8 Å². The molecule has 0 saturated heterocycles. The van der Waals surface area contributed by atoms with Crippen LogP contribution in [0.3, 0.4) is 0 Å². The predicted molar refractivity (Wildman–Crippen MR) is 66.5 cm³/mol. The molecule has 0 amide bonds. The van der Waals surface area contributed by atoms with Gasteiger partial charge in [0.25, 0.3) is 0 Å². The zero-order valence-electron chi connectivity index (χ0n) is 9.96. The number of hydrogen-bond donors (Lipinski definition) is 1. The molecule has 3 rings (SSSR count). The molecule has 2 aliphatic rings. The molecular formula is C13H15N3O. The fourth-order valence-electron chi connectivity index (χ4n) is 2.55. The Bertz CT molecular complexity index is 636. The first kappa shape index (κ1) is 10.5. The van der Waals surface area contributed by atoms with Gasteiger partial charge in [0.2, 0.25) is 0 Å². The van der Waals surface area contributed by atoms with Crippen molar-refractivity contribution in [3.05, 3.63) is 28.7 Å². The Labute approximate surface area is 99.3 Å². The highest BCUT2D eigenvalue weighted by Gasteiger charge is 2.25. The number of nitrogens with zero attached hydrogens (tertiary/aromatic N) is 3. The first-order valence-electron chi connectivity index (χ1n) is 5.81. The number of rotatable bonds is 1. The number of imidazole rings is 1. The molecule has 0 radical (unpaired) electrons. The molecule has 1 aliphatic carbocycles. The van der Waals surface area contributed by atoms with Crippen LogP contribution in [0.25, 0.3) is 11.8 Å². The summed E-state index contributed by atoms with van der Waals surface area (Å²) in [7, 11) is 1.93. The minimum Gasteiger partial charge on any atom is -0.388 e. The van der Waals surface area contributed by atoms with E-state index in [0.717, 1.165) is 16.4 Å². The van der Waals surface area contributed by atoms with E-state index in [4.69, 9.17) is 0 Å². The van der Waals surface area contributed by atoms with Gasteiger partial charge < -0.3 is 9.67 Å². The van der Waals surface area contributed by atoms with Crippen LogP contribution in [0, 0.1) is 11.8 Å². The monoisotopic (exact) mass is 229 g/mol. The zero-order valence-corrected chi connectivity index (χ0v) is 9.96. The second-order valence-corrected chi connectivity index (χ2v) is 4.58. The Balaban J connectivity index is 2.38. The summed E-state index contributed by atoms with van der Waals surface area (Å²) in [5.41, 5.74) is 1.02. The van der Waals surface area contributed by atoms with Crippen molar-refractivity contribution in [3.8, 4) is 0 Å². The van der Waals surface area contributed by atoms with Crippen molar-refractivity contribution in [1.82, 2.24) is 9.55 Å². The second kappa shape index (κ2) is 3.67. The van der Waals surface area contributed by atoms with E-state index in [-0.39, 0.29) is 6.61 Å². The molecule has 1 aromatic rings. The number of aliphatic imine (C=N–C) groups is 1. The normalized spacial score (nSPS) is 25.5.